The number of nitrogens with one attached hydrogen (secondary N) is 2. The largest absolute Gasteiger partial charge is 0.493 e. The van der Waals surface area contributed by atoms with Crippen LogP contribution < -0.4 is 20.1 Å². The summed E-state index contributed by atoms with van der Waals surface area (Å²) in [6, 6.07) is 11.4. The van der Waals surface area contributed by atoms with Gasteiger partial charge >= 0.3 is 6.09 Å². The van der Waals surface area contributed by atoms with E-state index in [1.807, 2.05) is 51.1 Å². The fourth-order valence-corrected chi connectivity index (χ4v) is 3.42. The Labute approximate surface area is 200 Å². The van der Waals surface area contributed by atoms with Gasteiger partial charge in [0.15, 0.2) is 11.5 Å². The molecule has 33 heavy (non-hydrogen) atoms. The topological polar surface area (TPSA) is 85.9 Å². The summed E-state index contributed by atoms with van der Waals surface area (Å²) < 4.78 is 16.3. The minimum absolute atomic E-state index is 0.162. The summed E-state index contributed by atoms with van der Waals surface area (Å²) >= 11 is 6.08. The van der Waals surface area contributed by atoms with Crippen molar-refractivity contribution >= 4 is 23.6 Å². The number of methoxy groups -OCH3 is 1. The molecular formula is C25H33ClN2O5. The zero-order chi connectivity index (χ0) is 24.5. The van der Waals surface area contributed by atoms with Crippen molar-refractivity contribution in [2.75, 3.05) is 13.7 Å². The van der Waals surface area contributed by atoms with E-state index in [4.69, 9.17) is 25.8 Å². The number of hydrogen-bond donors (Lipinski definition) is 2. The maximum atomic E-state index is 13.3. The summed E-state index contributed by atoms with van der Waals surface area (Å²) in [7, 11) is 1.57. The predicted octanol–water partition coefficient (Wildman–Crippen LogP) is 5.11. The van der Waals surface area contributed by atoms with Crippen LogP contribution in [0.25, 0.3) is 0 Å². The standard InChI is InChI=1S/C25H33ClN2O5/c1-7-32-20-13-10-18(14-21(20)31-6)23(17-8-11-19(26)12-9-17)27-24(29)22(15(2)3)28-25(30)33-16(4)5/h8-16,22-23H,7H2,1-6H3,(H,27,29)(H,28,30)/t22-,23?/m0/s1. The minimum Gasteiger partial charge on any atom is -0.493 e. The molecular weight excluding hydrogens is 444 g/mol. The molecule has 0 spiro atoms. The van der Waals surface area contributed by atoms with E-state index in [1.54, 1.807) is 33.1 Å². The molecule has 2 aromatic rings. The first kappa shape index (κ1) is 26.3. The third-order valence-electron chi connectivity index (χ3n) is 4.88. The van der Waals surface area contributed by atoms with E-state index < -0.39 is 18.2 Å². The number of benzene rings is 2. The molecule has 7 nitrogen and oxygen atoms in total. The van der Waals surface area contributed by atoms with Crippen molar-refractivity contribution in [2.24, 2.45) is 5.92 Å². The molecule has 0 bridgehead atoms. The molecule has 180 valence electrons. The second-order valence-corrected chi connectivity index (χ2v) is 8.59. The lowest BCUT2D eigenvalue weighted by Crippen LogP contribution is -2.51. The van der Waals surface area contributed by atoms with Gasteiger partial charge in [-0.05, 0) is 62.1 Å². The van der Waals surface area contributed by atoms with Crippen molar-refractivity contribution in [1.82, 2.24) is 10.6 Å². The molecule has 2 amide bonds. The van der Waals surface area contributed by atoms with Crippen molar-refractivity contribution in [2.45, 2.75) is 52.8 Å². The van der Waals surface area contributed by atoms with Crippen LogP contribution in [-0.2, 0) is 9.53 Å². The molecule has 0 heterocycles. The number of hydrogen-bond acceptors (Lipinski definition) is 5. The van der Waals surface area contributed by atoms with E-state index in [1.165, 1.54) is 0 Å². The van der Waals surface area contributed by atoms with Crippen LogP contribution in [0, 0.1) is 5.92 Å². The van der Waals surface area contributed by atoms with E-state index in [0.717, 1.165) is 11.1 Å². The first-order chi connectivity index (χ1) is 15.7. The van der Waals surface area contributed by atoms with Gasteiger partial charge in [-0.25, -0.2) is 4.79 Å². The summed E-state index contributed by atoms with van der Waals surface area (Å²) in [5, 5.41) is 6.33. The number of ether oxygens (including phenoxy) is 3. The van der Waals surface area contributed by atoms with Crippen molar-refractivity contribution in [3.05, 3.63) is 58.6 Å². The van der Waals surface area contributed by atoms with E-state index in [-0.39, 0.29) is 17.9 Å². The second kappa shape index (κ2) is 12.3. The zero-order valence-electron chi connectivity index (χ0n) is 20.0. The number of carbonyl (C=O) groups excluding carboxylic acids is 2. The maximum absolute atomic E-state index is 13.3. The Hall–Kier alpha value is -2.93. The molecule has 0 saturated carbocycles. The van der Waals surface area contributed by atoms with Crippen LogP contribution in [0.4, 0.5) is 4.79 Å². The lowest BCUT2D eigenvalue weighted by atomic mass is 9.96. The van der Waals surface area contributed by atoms with Crippen LogP contribution in [0.15, 0.2) is 42.5 Å². The van der Waals surface area contributed by atoms with Crippen LogP contribution in [0.5, 0.6) is 11.5 Å². The van der Waals surface area contributed by atoms with Gasteiger partial charge in [-0.15, -0.1) is 0 Å². The van der Waals surface area contributed by atoms with E-state index in [9.17, 15) is 9.59 Å². The molecule has 0 aliphatic carbocycles. The molecule has 0 aliphatic rings. The van der Waals surface area contributed by atoms with Crippen LogP contribution >= 0.6 is 11.6 Å². The molecule has 2 rings (SSSR count). The zero-order valence-corrected chi connectivity index (χ0v) is 20.7. The molecule has 0 aliphatic heterocycles. The highest BCUT2D eigenvalue weighted by Gasteiger charge is 2.28. The van der Waals surface area contributed by atoms with Gasteiger partial charge in [-0.2, -0.15) is 0 Å². The third-order valence-corrected chi connectivity index (χ3v) is 5.13. The van der Waals surface area contributed by atoms with Crippen LogP contribution in [-0.4, -0.2) is 37.9 Å². The average molecular weight is 477 g/mol. The lowest BCUT2D eigenvalue weighted by Gasteiger charge is -2.26. The molecule has 0 aromatic heterocycles. The van der Waals surface area contributed by atoms with E-state index >= 15 is 0 Å². The number of carbonyl (C=O) groups is 2. The smallest absolute Gasteiger partial charge is 0.408 e. The Bertz CT molecular complexity index is 931. The van der Waals surface area contributed by atoms with Gasteiger partial charge in [0.1, 0.15) is 6.04 Å². The summed E-state index contributed by atoms with van der Waals surface area (Å²) in [4.78, 5) is 25.5. The van der Waals surface area contributed by atoms with Crippen molar-refractivity contribution in [1.29, 1.82) is 0 Å². The quantitative estimate of drug-likeness (QED) is 0.497. The first-order valence-corrected chi connectivity index (χ1v) is 11.4. The Balaban J connectivity index is 2.39. The third kappa shape index (κ3) is 7.56. The molecule has 2 aromatic carbocycles. The lowest BCUT2D eigenvalue weighted by molar-refractivity contribution is -0.124. The normalized spacial score (nSPS) is 12.8. The van der Waals surface area contributed by atoms with Crippen LogP contribution in [0.3, 0.4) is 0 Å². The van der Waals surface area contributed by atoms with Crippen molar-refractivity contribution in [3.8, 4) is 11.5 Å². The molecule has 0 saturated heterocycles. The van der Waals surface area contributed by atoms with Crippen molar-refractivity contribution < 1.29 is 23.8 Å². The Morgan fingerprint density at radius 1 is 0.939 bits per heavy atom. The number of rotatable bonds is 10. The number of amides is 2. The SMILES string of the molecule is CCOc1ccc(C(NC(=O)[C@@H](NC(=O)OC(C)C)C(C)C)c2ccc(Cl)cc2)cc1OC. The van der Waals surface area contributed by atoms with Gasteiger partial charge in [0.25, 0.3) is 0 Å². The average Bonchev–Trinajstić information content (AvgIpc) is 2.76. The summed E-state index contributed by atoms with van der Waals surface area (Å²) in [5.41, 5.74) is 1.62. The number of halogens is 1. The van der Waals surface area contributed by atoms with Crippen LogP contribution in [0.1, 0.15) is 51.8 Å². The fourth-order valence-electron chi connectivity index (χ4n) is 3.29. The molecule has 1 unspecified atom stereocenters. The minimum atomic E-state index is -0.782. The van der Waals surface area contributed by atoms with Gasteiger partial charge in [-0.3, -0.25) is 4.79 Å². The van der Waals surface area contributed by atoms with Gasteiger partial charge < -0.3 is 24.8 Å². The highest BCUT2D eigenvalue weighted by Crippen LogP contribution is 2.33. The molecule has 0 fully saturated rings. The first-order valence-electron chi connectivity index (χ1n) is 11.0. The van der Waals surface area contributed by atoms with E-state index in [0.29, 0.717) is 23.1 Å². The summed E-state index contributed by atoms with van der Waals surface area (Å²) in [6.45, 7) is 9.61. The highest BCUT2D eigenvalue weighted by atomic mass is 35.5. The predicted molar refractivity (Wildman–Crippen MR) is 129 cm³/mol. The van der Waals surface area contributed by atoms with Crippen molar-refractivity contribution in [3.63, 3.8) is 0 Å². The second-order valence-electron chi connectivity index (χ2n) is 8.16. The summed E-state index contributed by atoms with van der Waals surface area (Å²) in [5.74, 6) is 0.675. The molecule has 0 radical (unpaired) electrons. The fraction of sp³-hybridized carbons (Fsp3) is 0.440. The highest BCUT2D eigenvalue weighted by molar-refractivity contribution is 6.30. The van der Waals surface area contributed by atoms with Gasteiger partial charge in [0.05, 0.1) is 25.9 Å². The Morgan fingerprint density at radius 3 is 2.12 bits per heavy atom. The maximum Gasteiger partial charge on any atom is 0.408 e. The molecule has 2 atom stereocenters. The molecule has 2 N–H and O–H groups in total. The number of alkyl carbamates (subject to hydrolysis) is 1. The van der Waals surface area contributed by atoms with E-state index in [2.05, 4.69) is 10.6 Å². The Morgan fingerprint density at radius 2 is 1.58 bits per heavy atom. The van der Waals surface area contributed by atoms with Crippen LogP contribution in [0.2, 0.25) is 5.02 Å². The molecule has 8 heteroatoms. The van der Waals surface area contributed by atoms with Gasteiger partial charge in [0, 0.05) is 5.02 Å². The van der Waals surface area contributed by atoms with Gasteiger partial charge in [-0.1, -0.05) is 43.6 Å². The van der Waals surface area contributed by atoms with Gasteiger partial charge in [0.2, 0.25) is 5.91 Å². The Kier molecular flexibility index (Phi) is 9.85. The summed E-state index contributed by atoms with van der Waals surface area (Å²) in [6.07, 6.45) is -0.927. The monoisotopic (exact) mass is 476 g/mol.